The summed E-state index contributed by atoms with van der Waals surface area (Å²) < 4.78 is 26.0. The van der Waals surface area contributed by atoms with Gasteiger partial charge in [-0.05, 0) is 43.7 Å². The van der Waals surface area contributed by atoms with Gasteiger partial charge in [0.1, 0.15) is 0 Å². The number of rotatable bonds is 5. The highest BCUT2D eigenvalue weighted by atomic mass is 32.2. The highest BCUT2D eigenvalue weighted by molar-refractivity contribution is 7.89. The van der Waals surface area contributed by atoms with Gasteiger partial charge in [0.15, 0.2) is 0 Å². The Morgan fingerprint density at radius 2 is 2.05 bits per heavy atom. The molecule has 1 amide bonds. The largest absolute Gasteiger partial charge is 0.325 e. The Hall–Kier alpha value is -1.44. The monoisotopic (exact) mass is 297 g/mol. The summed E-state index contributed by atoms with van der Waals surface area (Å²) in [5.41, 5.74) is 0.596. The first kappa shape index (κ1) is 15.0. The van der Waals surface area contributed by atoms with Crippen LogP contribution in [0.5, 0.6) is 0 Å². The van der Waals surface area contributed by atoms with Crippen LogP contribution in [-0.4, -0.2) is 33.5 Å². The fraction of sp³-hybridized carbons (Fsp3) is 0.462. The van der Waals surface area contributed by atoms with Gasteiger partial charge in [0.2, 0.25) is 15.9 Å². The second-order valence-corrected chi connectivity index (χ2v) is 6.43. The molecule has 0 aliphatic carbocycles. The van der Waals surface area contributed by atoms with Crippen molar-refractivity contribution in [1.82, 2.24) is 10.0 Å². The Balaban J connectivity index is 2.03. The lowest BCUT2D eigenvalue weighted by Crippen LogP contribution is -2.35. The number of nitrogens with one attached hydrogen (secondary N) is 3. The number of hydrogen-bond donors (Lipinski definition) is 3. The van der Waals surface area contributed by atoms with E-state index in [1.165, 1.54) is 12.1 Å². The maximum Gasteiger partial charge on any atom is 0.241 e. The molecule has 3 N–H and O–H groups in total. The minimum absolute atomic E-state index is 0.0789. The highest BCUT2D eigenvalue weighted by Crippen LogP contribution is 2.15. The summed E-state index contributed by atoms with van der Waals surface area (Å²) in [5.74, 6) is -0.0789. The zero-order valence-corrected chi connectivity index (χ0v) is 12.2. The number of carbonyl (C=O) groups excluding carboxylic acids is 1. The van der Waals surface area contributed by atoms with Crippen molar-refractivity contribution >= 4 is 21.6 Å². The minimum Gasteiger partial charge on any atom is -0.325 e. The first-order valence-corrected chi connectivity index (χ1v) is 8.15. The second-order valence-electron chi connectivity index (χ2n) is 4.66. The summed E-state index contributed by atoms with van der Waals surface area (Å²) in [5, 5.41) is 5.89. The van der Waals surface area contributed by atoms with E-state index >= 15 is 0 Å². The van der Waals surface area contributed by atoms with E-state index in [1.54, 1.807) is 19.1 Å². The SMILES string of the molecule is CCNS(=O)(=O)c1ccc(NC(=O)[C@H]2CCCN2)cc1. The molecule has 0 bridgehead atoms. The van der Waals surface area contributed by atoms with Crippen LogP contribution in [0.1, 0.15) is 19.8 Å². The molecule has 110 valence electrons. The molecule has 0 saturated carbocycles. The van der Waals surface area contributed by atoms with Gasteiger partial charge in [-0.25, -0.2) is 13.1 Å². The molecule has 7 heteroatoms. The lowest BCUT2D eigenvalue weighted by Gasteiger charge is -2.11. The van der Waals surface area contributed by atoms with E-state index in [4.69, 9.17) is 0 Å². The maximum atomic E-state index is 11.9. The number of benzene rings is 1. The van der Waals surface area contributed by atoms with Crippen LogP contribution in [0.15, 0.2) is 29.2 Å². The maximum absolute atomic E-state index is 11.9. The van der Waals surface area contributed by atoms with E-state index in [2.05, 4.69) is 15.4 Å². The zero-order valence-electron chi connectivity index (χ0n) is 11.3. The van der Waals surface area contributed by atoms with E-state index in [9.17, 15) is 13.2 Å². The molecule has 2 rings (SSSR count). The number of carbonyl (C=O) groups is 1. The third-order valence-corrected chi connectivity index (χ3v) is 4.70. The van der Waals surface area contributed by atoms with E-state index in [0.717, 1.165) is 19.4 Å². The van der Waals surface area contributed by atoms with Crippen LogP contribution in [0.2, 0.25) is 0 Å². The molecule has 1 aliphatic rings. The van der Waals surface area contributed by atoms with Crippen molar-refractivity contribution in [1.29, 1.82) is 0 Å². The van der Waals surface area contributed by atoms with Crippen molar-refractivity contribution < 1.29 is 13.2 Å². The molecular weight excluding hydrogens is 278 g/mol. The van der Waals surface area contributed by atoms with Crippen LogP contribution in [-0.2, 0) is 14.8 Å². The zero-order chi connectivity index (χ0) is 14.6. The number of hydrogen-bond acceptors (Lipinski definition) is 4. The van der Waals surface area contributed by atoms with Crippen molar-refractivity contribution in [2.75, 3.05) is 18.4 Å². The standard InChI is InChI=1S/C13H19N3O3S/c1-2-15-20(18,19)11-7-5-10(6-8-11)16-13(17)12-4-3-9-14-12/h5-8,12,14-15H,2-4,9H2,1H3,(H,16,17)/t12-/m1/s1. The smallest absolute Gasteiger partial charge is 0.241 e. The van der Waals surface area contributed by atoms with Crippen molar-refractivity contribution in [3.05, 3.63) is 24.3 Å². The molecule has 0 spiro atoms. The molecule has 1 atom stereocenters. The van der Waals surface area contributed by atoms with Gasteiger partial charge in [0.25, 0.3) is 0 Å². The highest BCUT2D eigenvalue weighted by Gasteiger charge is 2.22. The van der Waals surface area contributed by atoms with Crippen LogP contribution in [0.3, 0.4) is 0 Å². The van der Waals surface area contributed by atoms with Crippen LogP contribution < -0.4 is 15.4 Å². The normalized spacial score (nSPS) is 18.9. The minimum atomic E-state index is -3.45. The molecule has 0 aromatic heterocycles. The third-order valence-electron chi connectivity index (χ3n) is 3.14. The summed E-state index contributed by atoms with van der Waals surface area (Å²) in [6.45, 7) is 2.92. The van der Waals surface area contributed by atoms with Gasteiger partial charge in [0, 0.05) is 12.2 Å². The van der Waals surface area contributed by atoms with Gasteiger partial charge in [-0.1, -0.05) is 6.92 Å². The summed E-state index contributed by atoms with van der Waals surface area (Å²) in [7, 11) is -3.45. The lowest BCUT2D eigenvalue weighted by molar-refractivity contribution is -0.117. The van der Waals surface area contributed by atoms with Crippen LogP contribution in [0, 0.1) is 0 Å². The van der Waals surface area contributed by atoms with E-state index in [1.807, 2.05) is 0 Å². The molecule has 20 heavy (non-hydrogen) atoms. The van der Waals surface area contributed by atoms with Gasteiger partial charge in [-0.2, -0.15) is 0 Å². The Morgan fingerprint density at radius 1 is 1.35 bits per heavy atom. The fourth-order valence-corrected chi connectivity index (χ4v) is 3.17. The van der Waals surface area contributed by atoms with E-state index < -0.39 is 10.0 Å². The Kier molecular flexibility index (Phi) is 4.74. The second kappa shape index (κ2) is 6.34. The third kappa shape index (κ3) is 3.56. The van der Waals surface area contributed by atoms with Crippen LogP contribution in [0.25, 0.3) is 0 Å². The number of anilines is 1. The first-order chi connectivity index (χ1) is 9.53. The van der Waals surface area contributed by atoms with Gasteiger partial charge >= 0.3 is 0 Å². The molecular formula is C13H19N3O3S. The molecule has 0 radical (unpaired) electrons. The fourth-order valence-electron chi connectivity index (χ4n) is 2.13. The summed E-state index contributed by atoms with van der Waals surface area (Å²) in [6, 6.07) is 6.00. The Bertz CT molecular complexity index is 563. The molecule has 1 aliphatic heterocycles. The summed E-state index contributed by atoms with van der Waals surface area (Å²) in [6.07, 6.45) is 1.83. The summed E-state index contributed by atoms with van der Waals surface area (Å²) in [4.78, 5) is 12.1. The Morgan fingerprint density at radius 3 is 2.60 bits per heavy atom. The average Bonchev–Trinajstić information content (AvgIpc) is 2.93. The molecule has 6 nitrogen and oxygen atoms in total. The van der Waals surface area contributed by atoms with Crippen LogP contribution >= 0.6 is 0 Å². The molecule has 1 aromatic carbocycles. The van der Waals surface area contributed by atoms with Gasteiger partial charge in [0.05, 0.1) is 10.9 Å². The Labute approximate surface area is 119 Å². The lowest BCUT2D eigenvalue weighted by atomic mass is 10.2. The topological polar surface area (TPSA) is 87.3 Å². The van der Waals surface area contributed by atoms with E-state index in [0.29, 0.717) is 12.2 Å². The molecule has 0 unspecified atom stereocenters. The van der Waals surface area contributed by atoms with Crippen molar-refractivity contribution in [3.63, 3.8) is 0 Å². The molecule has 1 aromatic rings. The van der Waals surface area contributed by atoms with Gasteiger partial charge < -0.3 is 10.6 Å². The van der Waals surface area contributed by atoms with Crippen molar-refractivity contribution in [2.24, 2.45) is 0 Å². The predicted octanol–water partition coefficient (Wildman–Crippen LogP) is 0.675. The van der Waals surface area contributed by atoms with E-state index in [-0.39, 0.29) is 16.8 Å². The molecule has 1 heterocycles. The summed E-state index contributed by atoms with van der Waals surface area (Å²) >= 11 is 0. The number of amides is 1. The van der Waals surface area contributed by atoms with Crippen LogP contribution in [0.4, 0.5) is 5.69 Å². The quantitative estimate of drug-likeness (QED) is 0.745. The van der Waals surface area contributed by atoms with Crippen molar-refractivity contribution in [3.8, 4) is 0 Å². The predicted molar refractivity (Wildman–Crippen MR) is 77.0 cm³/mol. The number of sulfonamides is 1. The van der Waals surface area contributed by atoms with Gasteiger partial charge in [-0.3, -0.25) is 4.79 Å². The average molecular weight is 297 g/mol. The van der Waals surface area contributed by atoms with Crippen molar-refractivity contribution in [2.45, 2.75) is 30.7 Å². The molecule has 1 fully saturated rings. The molecule has 1 saturated heterocycles. The first-order valence-electron chi connectivity index (χ1n) is 6.67. The van der Waals surface area contributed by atoms with Gasteiger partial charge in [-0.15, -0.1) is 0 Å².